The summed E-state index contributed by atoms with van der Waals surface area (Å²) in [4.78, 5) is 4.48. The molecule has 0 fully saturated rings. The quantitative estimate of drug-likeness (QED) is 0.826. The highest BCUT2D eigenvalue weighted by atomic mass is 15.1. The van der Waals surface area contributed by atoms with Crippen molar-refractivity contribution in [3.05, 3.63) is 53.6 Å². The smallest absolute Gasteiger partial charge is 0.0954 e. The first-order valence-corrected chi connectivity index (χ1v) is 7.97. The van der Waals surface area contributed by atoms with Crippen molar-refractivity contribution in [1.29, 1.82) is 0 Å². The Labute approximate surface area is 128 Å². The first kappa shape index (κ1) is 15.8. The third kappa shape index (κ3) is 3.53. The van der Waals surface area contributed by atoms with Crippen molar-refractivity contribution in [2.24, 2.45) is 0 Å². The molecular weight excluding hydrogens is 258 g/mol. The maximum absolute atomic E-state index is 4.48. The van der Waals surface area contributed by atoms with Crippen molar-refractivity contribution in [2.45, 2.75) is 52.6 Å². The molecule has 1 N–H and O–H groups in total. The molecule has 0 aliphatic heterocycles. The van der Waals surface area contributed by atoms with Crippen LogP contribution >= 0.6 is 0 Å². The van der Waals surface area contributed by atoms with Crippen LogP contribution in [0.3, 0.4) is 0 Å². The lowest BCUT2D eigenvalue weighted by Gasteiger charge is -2.30. The first-order valence-electron chi connectivity index (χ1n) is 7.97. The van der Waals surface area contributed by atoms with Crippen LogP contribution in [0.25, 0.3) is 0 Å². The molecule has 2 unspecified atom stereocenters. The summed E-state index contributed by atoms with van der Waals surface area (Å²) < 4.78 is 2.33. The molecule has 1 aromatic carbocycles. The number of nitrogens with zero attached hydrogens (tertiary/aromatic N) is 2. The van der Waals surface area contributed by atoms with Crippen LogP contribution in [-0.2, 0) is 0 Å². The summed E-state index contributed by atoms with van der Waals surface area (Å²) >= 11 is 0. The number of aromatic nitrogens is 2. The minimum absolute atomic E-state index is 0.323. The Hall–Kier alpha value is -1.61. The molecule has 2 rings (SSSR count). The molecule has 0 bridgehead atoms. The minimum Gasteiger partial charge on any atom is -0.330 e. The maximum Gasteiger partial charge on any atom is 0.0954 e. The van der Waals surface area contributed by atoms with Crippen LogP contribution in [-0.4, -0.2) is 16.1 Å². The zero-order chi connectivity index (χ0) is 15.2. The molecule has 0 amide bonds. The van der Waals surface area contributed by atoms with Gasteiger partial charge in [0.25, 0.3) is 0 Å². The Kier molecular flexibility index (Phi) is 5.57. The molecule has 3 nitrogen and oxygen atoms in total. The van der Waals surface area contributed by atoms with E-state index in [1.54, 1.807) is 0 Å². The highest BCUT2D eigenvalue weighted by Crippen LogP contribution is 2.30. The molecule has 21 heavy (non-hydrogen) atoms. The monoisotopic (exact) mass is 285 g/mol. The predicted molar refractivity (Wildman–Crippen MR) is 88.5 cm³/mol. The Morgan fingerprint density at radius 3 is 2.38 bits per heavy atom. The van der Waals surface area contributed by atoms with Gasteiger partial charge < -0.3 is 9.88 Å². The molecule has 0 aliphatic rings. The highest BCUT2D eigenvalue weighted by Gasteiger charge is 2.24. The van der Waals surface area contributed by atoms with E-state index >= 15 is 0 Å². The van der Waals surface area contributed by atoms with E-state index < -0.39 is 0 Å². The summed E-state index contributed by atoms with van der Waals surface area (Å²) in [6.45, 7) is 9.73. The van der Waals surface area contributed by atoms with Crippen LogP contribution < -0.4 is 5.32 Å². The molecule has 3 heteroatoms. The lowest BCUT2D eigenvalue weighted by Crippen LogP contribution is -2.31. The van der Waals surface area contributed by atoms with Crippen LogP contribution in [0.15, 0.2) is 36.7 Å². The zero-order valence-electron chi connectivity index (χ0n) is 13.6. The normalized spacial score (nSPS) is 14.1. The second-order valence-corrected chi connectivity index (χ2v) is 5.64. The fourth-order valence-corrected chi connectivity index (χ4v) is 2.88. The fourth-order valence-electron chi connectivity index (χ4n) is 2.88. The largest absolute Gasteiger partial charge is 0.330 e. The summed E-state index contributed by atoms with van der Waals surface area (Å²) in [6.07, 6.45) is 4.21. The van der Waals surface area contributed by atoms with Gasteiger partial charge in [-0.25, -0.2) is 4.98 Å². The summed E-state index contributed by atoms with van der Waals surface area (Å²) in [7, 11) is 0. The van der Waals surface area contributed by atoms with E-state index in [1.807, 2.05) is 6.33 Å². The molecular formula is C18H27N3. The van der Waals surface area contributed by atoms with Crippen molar-refractivity contribution in [3.8, 4) is 0 Å². The van der Waals surface area contributed by atoms with Gasteiger partial charge in [-0.2, -0.15) is 0 Å². The maximum atomic E-state index is 4.48. The molecule has 114 valence electrons. The summed E-state index contributed by atoms with van der Waals surface area (Å²) in [5.74, 6) is 0. The second-order valence-electron chi connectivity index (χ2n) is 5.64. The van der Waals surface area contributed by atoms with E-state index in [9.17, 15) is 0 Å². The minimum atomic E-state index is 0.323. The number of benzene rings is 1. The molecule has 2 aromatic rings. The van der Waals surface area contributed by atoms with Gasteiger partial charge in [0.15, 0.2) is 0 Å². The van der Waals surface area contributed by atoms with Gasteiger partial charge in [0.1, 0.15) is 0 Å². The fraction of sp³-hybridized carbons (Fsp3) is 0.500. The van der Waals surface area contributed by atoms with Crippen LogP contribution in [0.1, 0.15) is 55.7 Å². The number of rotatable bonds is 7. The van der Waals surface area contributed by atoms with Gasteiger partial charge in [0, 0.05) is 5.69 Å². The van der Waals surface area contributed by atoms with E-state index in [0.717, 1.165) is 25.1 Å². The van der Waals surface area contributed by atoms with Gasteiger partial charge in [-0.3, -0.25) is 0 Å². The topological polar surface area (TPSA) is 29.9 Å². The van der Waals surface area contributed by atoms with Crippen molar-refractivity contribution in [1.82, 2.24) is 14.9 Å². The van der Waals surface area contributed by atoms with E-state index in [0.29, 0.717) is 12.1 Å². The number of nitrogens with one attached hydrogen (secondary N) is 1. The third-order valence-corrected chi connectivity index (χ3v) is 4.22. The molecule has 2 atom stereocenters. The molecule has 0 aliphatic carbocycles. The SMILES string of the molecule is CCCNC(c1ccccc1)C(CC)n1cnc(C)c1C. The molecule has 0 saturated carbocycles. The highest BCUT2D eigenvalue weighted by molar-refractivity contribution is 5.21. The van der Waals surface area contributed by atoms with E-state index in [4.69, 9.17) is 0 Å². The van der Waals surface area contributed by atoms with E-state index in [2.05, 4.69) is 72.9 Å². The lowest BCUT2D eigenvalue weighted by molar-refractivity contribution is 0.341. The van der Waals surface area contributed by atoms with Crippen LogP contribution in [0.5, 0.6) is 0 Å². The number of imidazole rings is 1. The lowest BCUT2D eigenvalue weighted by atomic mass is 9.96. The Balaban J connectivity index is 2.35. The number of hydrogen-bond acceptors (Lipinski definition) is 2. The van der Waals surface area contributed by atoms with Crippen LogP contribution in [0, 0.1) is 13.8 Å². The van der Waals surface area contributed by atoms with Crippen molar-refractivity contribution in [2.75, 3.05) is 6.54 Å². The standard InChI is InChI=1S/C18H27N3/c1-5-12-19-18(16-10-8-7-9-11-16)17(6-2)21-13-20-14(3)15(21)4/h7-11,13,17-19H,5-6,12H2,1-4H3. The van der Waals surface area contributed by atoms with Crippen LogP contribution in [0.4, 0.5) is 0 Å². The van der Waals surface area contributed by atoms with E-state index in [1.165, 1.54) is 11.3 Å². The van der Waals surface area contributed by atoms with Gasteiger partial charge in [0.05, 0.1) is 24.1 Å². The summed E-state index contributed by atoms with van der Waals surface area (Å²) in [5.41, 5.74) is 3.74. The first-order chi connectivity index (χ1) is 10.2. The Morgan fingerprint density at radius 1 is 1.14 bits per heavy atom. The van der Waals surface area contributed by atoms with Gasteiger partial charge in [0.2, 0.25) is 0 Å². The molecule has 1 heterocycles. The zero-order valence-corrected chi connectivity index (χ0v) is 13.6. The van der Waals surface area contributed by atoms with Crippen molar-refractivity contribution in [3.63, 3.8) is 0 Å². The summed E-state index contributed by atoms with van der Waals surface area (Å²) in [5, 5.41) is 3.72. The van der Waals surface area contributed by atoms with Crippen molar-refractivity contribution < 1.29 is 0 Å². The Bertz CT molecular complexity index is 545. The van der Waals surface area contributed by atoms with Gasteiger partial charge in [-0.05, 0) is 38.8 Å². The molecule has 0 spiro atoms. The third-order valence-electron chi connectivity index (χ3n) is 4.22. The molecule has 0 saturated heterocycles. The average Bonchev–Trinajstić information content (AvgIpc) is 2.84. The van der Waals surface area contributed by atoms with Gasteiger partial charge in [-0.15, -0.1) is 0 Å². The van der Waals surface area contributed by atoms with E-state index in [-0.39, 0.29) is 0 Å². The van der Waals surface area contributed by atoms with Gasteiger partial charge >= 0.3 is 0 Å². The molecule has 1 aromatic heterocycles. The Morgan fingerprint density at radius 2 is 1.86 bits per heavy atom. The number of aryl methyl sites for hydroxylation is 1. The average molecular weight is 285 g/mol. The predicted octanol–water partition coefficient (Wildman–Crippen LogP) is 4.19. The van der Waals surface area contributed by atoms with Crippen LogP contribution in [0.2, 0.25) is 0 Å². The van der Waals surface area contributed by atoms with Gasteiger partial charge in [-0.1, -0.05) is 44.2 Å². The van der Waals surface area contributed by atoms with Crippen molar-refractivity contribution >= 4 is 0 Å². The second kappa shape index (κ2) is 7.41. The summed E-state index contributed by atoms with van der Waals surface area (Å²) in [6, 6.07) is 11.5. The molecule has 0 radical (unpaired) electrons. The number of hydrogen-bond donors (Lipinski definition) is 1.